The van der Waals surface area contributed by atoms with Crippen molar-refractivity contribution in [1.82, 2.24) is 19.6 Å². The van der Waals surface area contributed by atoms with Crippen LogP contribution < -0.4 is 5.32 Å². The van der Waals surface area contributed by atoms with E-state index in [1.54, 1.807) is 0 Å². The van der Waals surface area contributed by atoms with Crippen molar-refractivity contribution in [3.05, 3.63) is 36.3 Å². The number of rotatable bonds is 4. The van der Waals surface area contributed by atoms with Crippen LogP contribution in [0.3, 0.4) is 0 Å². The van der Waals surface area contributed by atoms with Crippen molar-refractivity contribution in [2.24, 2.45) is 5.92 Å². The molecule has 0 aromatic carbocycles. The van der Waals surface area contributed by atoms with Crippen molar-refractivity contribution < 1.29 is 0 Å². The number of hydrogen-bond donors (Lipinski definition) is 1. The molecule has 2 fully saturated rings. The summed E-state index contributed by atoms with van der Waals surface area (Å²) >= 11 is 0. The summed E-state index contributed by atoms with van der Waals surface area (Å²) in [5, 5.41) is 3.39. The van der Waals surface area contributed by atoms with Crippen molar-refractivity contribution in [1.29, 1.82) is 0 Å². The highest BCUT2D eigenvalue weighted by Crippen LogP contribution is 2.42. The van der Waals surface area contributed by atoms with Gasteiger partial charge in [0.25, 0.3) is 0 Å². The van der Waals surface area contributed by atoms with Crippen LogP contribution in [-0.2, 0) is 0 Å². The van der Waals surface area contributed by atoms with E-state index in [2.05, 4.69) is 52.3 Å². The molecule has 4 rings (SSSR count). The van der Waals surface area contributed by atoms with Crippen molar-refractivity contribution in [2.45, 2.75) is 37.8 Å². The minimum atomic E-state index is 0.485. The van der Waals surface area contributed by atoms with E-state index >= 15 is 0 Å². The lowest BCUT2D eigenvalue weighted by Crippen LogP contribution is -2.43. The highest BCUT2D eigenvalue weighted by atomic mass is 15.2. The molecule has 2 atom stereocenters. The molecule has 3 heterocycles. The molecule has 0 bridgehead atoms. The second kappa shape index (κ2) is 5.43. The van der Waals surface area contributed by atoms with Gasteiger partial charge in [-0.05, 0) is 63.9 Å². The van der Waals surface area contributed by atoms with Gasteiger partial charge in [0.05, 0.1) is 11.7 Å². The minimum Gasteiger partial charge on any atom is -0.319 e. The number of nitrogens with zero attached hydrogens (tertiary/aromatic N) is 3. The first-order chi connectivity index (χ1) is 10.4. The number of nitrogens with one attached hydrogen (secondary N) is 1. The number of fused-ring (bicyclic) bond motifs is 1. The molecule has 1 aliphatic carbocycles. The molecular weight excluding hydrogens is 260 g/mol. The Morgan fingerprint density at radius 3 is 2.95 bits per heavy atom. The molecule has 0 spiro atoms. The fourth-order valence-corrected chi connectivity index (χ4v) is 3.90. The standard InChI is InChI=1S/C17H24N4/c1-18-11-13-5-4-10-21(14-7-8-14)17(13)15-12-20-9-3-2-6-16(20)19-15/h2-3,6,9,12-14,17-18H,4-5,7-8,10-11H2,1H3. The monoisotopic (exact) mass is 284 g/mol. The van der Waals surface area contributed by atoms with Gasteiger partial charge in [-0.15, -0.1) is 0 Å². The Labute approximate surface area is 126 Å². The van der Waals surface area contributed by atoms with Crippen molar-refractivity contribution in [3.63, 3.8) is 0 Å². The number of hydrogen-bond acceptors (Lipinski definition) is 3. The first-order valence-corrected chi connectivity index (χ1v) is 8.21. The summed E-state index contributed by atoms with van der Waals surface area (Å²) in [6, 6.07) is 7.53. The van der Waals surface area contributed by atoms with Crippen LogP contribution in [0.1, 0.15) is 37.4 Å². The zero-order chi connectivity index (χ0) is 14.2. The van der Waals surface area contributed by atoms with Gasteiger partial charge < -0.3 is 9.72 Å². The van der Waals surface area contributed by atoms with Crippen molar-refractivity contribution in [3.8, 4) is 0 Å². The van der Waals surface area contributed by atoms with Gasteiger partial charge in [-0.1, -0.05) is 6.07 Å². The van der Waals surface area contributed by atoms with E-state index in [1.165, 1.54) is 37.9 Å². The van der Waals surface area contributed by atoms with Crippen molar-refractivity contribution >= 4 is 5.65 Å². The summed E-state index contributed by atoms with van der Waals surface area (Å²) in [5.41, 5.74) is 2.32. The molecule has 0 radical (unpaired) electrons. The smallest absolute Gasteiger partial charge is 0.137 e. The topological polar surface area (TPSA) is 32.6 Å². The van der Waals surface area contributed by atoms with Gasteiger partial charge in [0.1, 0.15) is 5.65 Å². The molecular formula is C17H24N4. The van der Waals surface area contributed by atoms with Crippen LogP contribution >= 0.6 is 0 Å². The average Bonchev–Trinajstić information content (AvgIpc) is 3.26. The summed E-state index contributed by atoms with van der Waals surface area (Å²) in [7, 11) is 2.07. The molecule has 2 unspecified atom stereocenters. The van der Waals surface area contributed by atoms with E-state index in [4.69, 9.17) is 4.98 Å². The maximum Gasteiger partial charge on any atom is 0.137 e. The van der Waals surface area contributed by atoms with Crippen LogP contribution in [0.15, 0.2) is 30.6 Å². The Hall–Kier alpha value is -1.39. The molecule has 2 aromatic rings. The molecule has 1 aliphatic heterocycles. The van der Waals surface area contributed by atoms with Gasteiger partial charge in [-0.25, -0.2) is 4.98 Å². The largest absolute Gasteiger partial charge is 0.319 e. The summed E-state index contributed by atoms with van der Waals surface area (Å²) < 4.78 is 2.16. The maximum atomic E-state index is 4.92. The number of pyridine rings is 1. The lowest BCUT2D eigenvalue weighted by Gasteiger charge is -2.40. The number of aromatic nitrogens is 2. The average molecular weight is 284 g/mol. The minimum absolute atomic E-state index is 0.485. The normalized spacial score (nSPS) is 27.3. The van der Waals surface area contributed by atoms with Gasteiger partial charge in [-0.2, -0.15) is 0 Å². The van der Waals surface area contributed by atoms with Crippen LogP contribution in [0.25, 0.3) is 5.65 Å². The Balaban J connectivity index is 1.71. The predicted molar refractivity (Wildman–Crippen MR) is 84.3 cm³/mol. The molecule has 112 valence electrons. The lowest BCUT2D eigenvalue weighted by atomic mass is 9.87. The van der Waals surface area contributed by atoms with E-state index in [0.29, 0.717) is 12.0 Å². The van der Waals surface area contributed by atoms with E-state index in [9.17, 15) is 0 Å². The second-order valence-electron chi connectivity index (χ2n) is 6.51. The van der Waals surface area contributed by atoms with Crippen LogP contribution in [0.4, 0.5) is 0 Å². The predicted octanol–water partition coefficient (Wildman–Crippen LogP) is 2.47. The van der Waals surface area contributed by atoms with E-state index in [-0.39, 0.29) is 0 Å². The molecule has 1 saturated carbocycles. The Kier molecular flexibility index (Phi) is 3.43. The van der Waals surface area contributed by atoms with Crippen LogP contribution in [-0.4, -0.2) is 40.5 Å². The fourth-order valence-electron chi connectivity index (χ4n) is 3.90. The maximum absolute atomic E-state index is 4.92. The molecule has 4 heteroatoms. The quantitative estimate of drug-likeness (QED) is 0.936. The van der Waals surface area contributed by atoms with Crippen molar-refractivity contribution in [2.75, 3.05) is 20.1 Å². The second-order valence-corrected chi connectivity index (χ2v) is 6.51. The van der Waals surface area contributed by atoms with Gasteiger partial charge in [0.15, 0.2) is 0 Å². The fraction of sp³-hybridized carbons (Fsp3) is 0.588. The zero-order valence-corrected chi connectivity index (χ0v) is 12.7. The molecule has 4 nitrogen and oxygen atoms in total. The molecule has 21 heavy (non-hydrogen) atoms. The van der Waals surface area contributed by atoms with Crippen LogP contribution in [0, 0.1) is 5.92 Å². The number of likely N-dealkylation sites (tertiary alicyclic amines) is 1. The number of imidazole rings is 1. The summed E-state index contributed by atoms with van der Waals surface area (Å²) in [5.74, 6) is 0.675. The third kappa shape index (κ3) is 2.47. The Morgan fingerprint density at radius 2 is 2.19 bits per heavy atom. The summed E-state index contributed by atoms with van der Waals surface area (Å²) in [6.07, 6.45) is 9.72. The van der Waals surface area contributed by atoms with Gasteiger partial charge >= 0.3 is 0 Å². The SMILES string of the molecule is CNCC1CCCN(C2CC2)C1c1cn2ccccc2n1. The highest BCUT2D eigenvalue weighted by molar-refractivity contribution is 5.40. The van der Waals surface area contributed by atoms with Crippen LogP contribution in [0.2, 0.25) is 0 Å². The summed E-state index contributed by atoms with van der Waals surface area (Å²) in [4.78, 5) is 7.65. The molecule has 0 amide bonds. The van der Waals surface area contributed by atoms with E-state index in [1.807, 2.05) is 0 Å². The van der Waals surface area contributed by atoms with E-state index < -0.39 is 0 Å². The Morgan fingerprint density at radius 1 is 1.29 bits per heavy atom. The Bertz CT molecular complexity index is 581. The first kappa shape index (κ1) is 13.3. The summed E-state index contributed by atoms with van der Waals surface area (Å²) in [6.45, 7) is 2.32. The lowest BCUT2D eigenvalue weighted by molar-refractivity contribution is 0.0819. The van der Waals surface area contributed by atoms with Gasteiger partial charge in [-0.3, -0.25) is 4.90 Å². The van der Waals surface area contributed by atoms with Gasteiger partial charge in [0.2, 0.25) is 0 Å². The molecule has 1 N–H and O–H groups in total. The molecule has 2 aromatic heterocycles. The zero-order valence-electron chi connectivity index (χ0n) is 12.7. The first-order valence-electron chi connectivity index (χ1n) is 8.21. The van der Waals surface area contributed by atoms with Gasteiger partial charge in [0, 0.05) is 18.4 Å². The van der Waals surface area contributed by atoms with Crippen LogP contribution in [0.5, 0.6) is 0 Å². The van der Waals surface area contributed by atoms with E-state index in [0.717, 1.165) is 18.2 Å². The highest BCUT2D eigenvalue weighted by Gasteiger charge is 2.41. The third-order valence-electron chi connectivity index (χ3n) is 4.96. The molecule has 1 saturated heterocycles. The molecule has 2 aliphatic rings. The third-order valence-corrected chi connectivity index (χ3v) is 4.96. The number of piperidine rings is 1.